The van der Waals surface area contributed by atoms with Gasteiger partial charge in [-0.3, -0.25) is 4.79 Å². The molecule has 1 unspecified atom stereocenters. The summed E-state index contributed by atoms with van der Waals surface area (Å²) in [4.78, 5) is 17.3. The van der Waals surface area contributed by atoms with Crippen molar-refractivity contribution >= 4 is 34.8 Å². The van der Waals surface area contributed by atoms with Gasteiger partial charge in [0.1, 0.15) is 5.15 Å². The number of anilines is 1. The first-order valence-electron chi connectivity index (χ1n) is 4.87. The van der Waals surface area contributed by atoms with Crippen molar-refractivity contribution in [3.8, 4) is 0 Å². The van der Waals surface area contributed by atoms with Crippen LogP contribution >= 0.6 is 23.2 Å². The minimum Gasteiger partial charge on any atom is -0.309 e. The highest BCUT2D eigenvalue weighted by molar-refractivity contribution is 6.34. The first-order valence-corrected chi connectivity index (χ1v) is 5.62. The maximum absolute atomic E-state index is 11.7. The van der Waals surface area contributed by atoms with E-state index in [-0.39, 0.29) is 17.0 Å². The van der Waals surface area contributed by atoms with Crippen LogP contribution in [0.25, 0.3) is 0 Å². The molecule has 1 atom stereocenters. The summed E-state index contributed by atoms with van der Waals surface area (Å²) in [6.45, 7) is 4.30. The number of nitrogens with zero attached hydrogens (tertiary/aromatic N) is 2. The Morgan fingerprint density at radius 3 is 2.81 bits per heavy atom. The first-order chi connectivity index (χ1) is 7.61. The summed E-state index contributed by atoms with van der Waals surface area (Å²) in [6.07, 6.45) is 2.26. The highest BCUT2D eigenvalue weighted by Gasteiger charge is 2.30. The van der Waals surface area contributed by atoms with Crippen molar-refractivity contribution in [2.45, 2.75) is 6.42 Å². The van der Waals surface area contributed by atoms with Crippen molar-refractivity contribution < 1.29 is 4.79 Å². The Hall–Kier alpha value is -1.06. The van der Waals surface area contributed by atoms with Crippen molar-refractivity contribution in [1.82, 2.24) is 4.98 Å². The summed E-state index contributed by atoms with van der Waals surface area (Å²) >= 11 is 11.7. The minimum atomic E-state index is 0.0379. The van der Waals surface area contributed by atoms with Gasteiger partial charge in [0, 0.05) is 18.9 Å². The predicted molar refractivity (Wildman–Crippen MR) is 64.9 cm³/mol. The van der Waals surface area contributed by atoms with Crippen LogP contribution in [0.15, 0.2) is 24.8 Å². The zero-order valence-corrected chi connectivity index (χ0v) is 10.0. The van der Waals surface area contributed by atoms with Gasteiger partial charge in [-0.1, -0.05) is 29.3 Å². The number of amides is 1. The van der Waals surface area contributed by atoms with Gasteiger partial charge in [-0.05, 0) is 12.1 Å². The van der Waals surface area contributed by atoms with Gasteiger partial charge in [0.05, 0.1) is 5.69 Å². The smallest absolute Gasteiger partial charge is 0.227 e. The lowest BCUT2D eigenvalue weighted by atomic mass is 10.1. The molecule has 0 aliphatic carbocycles. The Morgan fingerprint density at radius 2 is 2.25 bits per heavy atom. The molecule has 0 radical (unpaired) electrons. The fourth-order valence-electron chi connectivity index (χ4n) is 1.73. The number of halogens is 2. The highest BCUT2D eigenvalue weighted by atomic mass is 35.5. The van der Waals surface area contributed by atoms with Gasteiger partial charge in [0.2, 0.25) is 5.91 Å². The van der Waals surface area contributed by atoms with Crippen LogP contribution < -0.4 is 4.90 Å². The van der Waals surface area contributed by atoms with Gasteiger partial charge in [0.15, 0.2) is 5.15 Å². The molecule has 1 aliphatic rings. The second-order valence-electron chi connectivity index (χ2n) is 3.65. The molecule has 3 nitrogen and oxygen atoms in total. The van der Waals surface area contributed by atoms with Crippen molar-refractivity contribution in [3.05, 3.63) is 35.1 Å². The van der Waals surface area contributed by atoms with Crippen LogP contribution in [0.3, 0.4) is 0 Å². The number of hydrogen-bond acceptors (Lipinski definition) is 2. The summed E-state index contributed by atoms with van der Waals surface area (Å²) in [6, 6.07) is 3.33. The van der Waals surface area contributed by atoms with E-state index in [1.165, 1.54) is 0 Å². The highest BCUT2D eigenvalue weighted by Crippen LogP contribution is 2.31. The zero-order chi connectivity index (χ0) is 11.7. The van der Waals surface area contributed by atoms with Gasteiger partial charge >= 0.3 is 0 Å². The SMILES string of the molecule is C=CC1CC(=O)N(c2ccc(Cl)nc2Cl)C1. The molecule has 1 fully saturated rings. The molecule has 0 spiro atoms. The third-order valence-corrected chi connectivity index (χ3v) is 3.06. The molecule has 0 saturated carbocycles. The summed E-state index contributed by atoms with van der Waals surface area (Å²) < 4.78 is 0. The minimum absolute atomic E-state index is 0.0379. The largest absolute Gasteiger partial charge is 0.309 e. The van der Waals surface area contributed by atoms with E-state index >= 15 is 0 Å². The van der Waals surface area contributed by atoms with Crippen molar-refractivity contribution in [3.63, 3.8) is 0 Å². The van der Waals surface area contributed by atoms with Crippen LogP contribution in [0.2, 0.25) is 10.3 Å². The Balaban J connectivity index is 2.31. The van der Waals surface area contributed by atoms with Crippen LogP contribution in [0.4, 0.5) is 5.69 Å². The number of carbonyl (C=O) groups excluding carboxylic acids is 1. The number of pyridine rings is 1. The van der Waals surface area contributed by atoms with Crippen molar-refractivity contribution in [2.24, 2.45) is 5.92 Å². The molecular formula is C11H10Cl2N2O. The maximum Gasteiger partial charge on any atom is 0.227 e. The van der Waals surface area contributed by atoms with Gasteiger partial charge in [-0.2, -0.15) is 0 Å². The van der Waals surface area contributed by atoms with Crippen molar-refractivity contribution in [2.75, 3.05) is 11.4 Å². The fraction of sp³-hybridized carbons (Fsp3) is 0.273. The molecule has 0 aromatic carbocycles. The molecule has 1 amide bonds. The van der Waals surface area contributed by atoms with Crippen LogP contribution in [0.5, 0.6) is 0 Å². The molecule has 1 aromatic rings. The van der Waals surface area contributed by atoms with E-state index in [0.717, 1.165) is 0 Å². The third-order valence-electron chi connectivity index (χ3n) is 2.57. The van der Waals surface area contributed by atoms with E-state index in [0.29, 0.717) is 23.8 Å². The normalized spacial score (nSPS) is 20.2. The lowest BCUT2D eigenvalue weighted by molar-refractivity contribution is -0.117. The number of rotatable bonds is 2. The molecule has 5 heteroatoms. The van der Waals surface area contributed by atoms with Gasteiger partial charge in [-0.15, -0.1) is 6.58 Å². The molecule has 84 valence electrons. The first kappa shape index (κ1) is 11.4. The lowest BCUT2D eigenvalue weighted by Gasteiger charge is -2.16. The molecule has 1 aliphatic heterocycles. The molecule has 1 saturated heterocycles. The van der Waals surface area contributed by atoms with E-state index in [1.807, 2.05) is 0 Å². The second-order valence-corrected chi connectivity index (χ2v) is 4.39. The third kappa shape index (κ3) is 2.06. The van der Waals surface area contributed by atoms with Crippen LogP contribution in [-0.2, 0) is 4.79 Å². The summed E-state index contributed by atoms with van der Waals surface area (Å²) in [5.74, 6) is 0.218. The Bertz CT molecular complexity index is 448. The Morgan fingerprint density at radius 1 is 1.50 bits per heavy atom. The number of hydrogen-bond donors (Lipinski definition) is 0. The summed E-state index contributed by atoms with van der Waals surface area (Å²) in [5, 5.41) is 0.575. The molecule has 2 heterocycles. The van der Waals surface area contributed by atoms with E-state index in [9.17, 15) is 4.79 Å². The number of carbonyl (C=O) groups is 1. The maximum atomic E-state index is 11.7. The lowest BCUT2D eigenvalue weighted by Crippen LogP contribution is -2.24. The van der Waals surface area contributed by atoms with Crippen LogP contribution in [0, 0.1) is 5.92 Å². The fourth-order valence-corrected chi connectivity index (χ4v) is 2.18. The standard InChI is InChI=1S/C11H10Cl2N2O/c1-2-7-5-10(16)15(6-7)8-3-4-9(12)14-11(8)13/h2-4,7H,1,5-6H2. The van der Waals surface area contributed by atoms with Crippen LogP contribution in [-0.4, -0.2) is 17.4 Å². The monoisotopic (exact) mass is 256 g/mol. The molecule has 16 heavy (non-hydrogen) atoms. The predicted octanol–water partition coefficient (Wildman–Crippen LogP) is 2.93. The topological polar surface area (TPSA) is 33.2 Å². The van der Waals surface area contributed by atoms with Crippen LogP contribution in [0.1, 0.15) is 6.42 Å². The van der Waals surface area contributed by atoms with E-state index in [1.54, 1.807) is 23.1 Å². The Kier molecular flexibility index (Phi) is 3.17. The van der Waals surface area contributed by atoms with E-state index in [2.05, 4.69) is 11.6 Å². The quantitative estimate of drug-likeness (QED) is 0.602. The average Bonchev–Trinajstić information content (AvgIpc) is 2.60. The summed E-state index contributed by atoms with van der Waals surface area (Å²) in [5.41, 5.74) is 0.611. The molecule has 2 rings (SSSR count). The van der Waals surface area contributed by atoms with E-state index in [4.69, 9.17) is 23.2 Å². The van der Waals surface area contributed by atoms with Crippen molar-refractivity contribution in [1.29, 1.82) is 0 Å². The molecule has 1 aromatic heterocycles. The second kappa shape index (κ2) is 4.44. The van der Waals surface area contributed by atoms with Gasteiger partial charge < -0.3 is 4.90 Å². The Labute approximate surface area is 104 Å². The van der Waals surface area contributed by atoms with E-state index < -0.39 is 0 Å². The van der Waals surface area contributed by atoms with Gasteiger partial charge in [0.25, 0.3) is 0 Å². The average molecular weight is 257 g/mol. The molecular weight excluding hydrogens is 247 g/mol. The van der Waals surface area contributed by atoms with Gasteiger partial charge in [-0.25, -0.2) is 4.98 Å². The summed E-state index contributed by atoms with van der Waals surface area (Å²) in [7, 11) is 0. The zero-order valence-electron chi connectivity index (χ0n) is 8.49. The molecule has 0 bridgehead atoms. The number of aromatic nitrogens is 1. The molecule has 0 N–H and O–H groups in total.